The Bertz CT molecular complexity index is 754. The van der Waals surface area contributed by atoms with E-state index in [1.165, 1.54) is 11.2 Å². The standard InChI is InChI=1S/C14H13NO2S2/c1-15-11-5-3-4-6-13(11)18-14-8-7-10(9-12(14)15)19(2,16)17/h3-9H,1-2H3. The lowest BCUT2D eigenvalue weighted by Crippen LogP contribution is -2.15. The summed E-state index contributed by atoms with van der Waals surface area (Å²) in [4.78, 5) is 4.66. The molecule has 1 aliphatic heterocycles. The van der Waals surface area contributed by atoms with Crippen molar-refractivity contribution >= 4 is 33.0 Å². The van der Waals surface area contributed by atoms with Gasteiger partial charge in [0.05, 0.1) is 16.3 Å². The lowest BCUT2D eigenvalue weighted by atomic mass is 10.2. The lowest BCUT2D eigenvalue weighted by molar-refractivity contribution is 0.602. The van der Waals surface area contributed by atoms with Gasteiger partial charge in [-0.3, -0.25) is 0 Å². The van der Waals surface area contributed by atoms with Crippen LogP contribution in [-0.2, 0) is 9.84 Å². The molecule has 1 heterocycles. The molecule has 0 fully saturated rings. The molecule has 0 N–H and O–H groups in total. The minimum absolute atomic E-state index is 0.359. The molecule has 0 aromatic heterocycles. The van der Waals surface area contributed by atoms with E-state index in [-0.39, 0.29) is 0 Å². The molecular formula is C14H13NO2S2. The molecule has 0 atom stereocenters. The molecule has 0 saturated heterocycles. The number of nitrogens with zero attached hydrogens (tertiary/aromatic N) is 1. The van der Waals surface area contributed by atoms with Gasteiger partial charge in [-0.15, -0.1) is 0 Å². The van der Waals surface area contributed by atoms with Crippen molar-refractivity contribution in [1.82, 2.24) is 0 Å². The molecule has 98 valence electrons. The Morgan fingerprint density at radius 2 is 1.68 bits per heavy atom. The Labute approximate surface area is 117 Å². The number of hydrogen-bond acceptors (Lipinski definition) is 4. The fourth-order valence-corrected chi connectivity index (χ4v) is 3.92. The Kier molecular flexibility index (Phi) is 2.83. The Morgan fingerprint density at radius 3 is 2.42 bits per heavy atom. The fraction of sp³-hybridized carbons (Fsp3) is 0.143. The van der Waals surface area contributed by atoms with Gasteiger partial charge in [-0.05, 0) is 30.3 Å². The number of benzene rings is 2. The topological polar surface area (TPSA) is 37.4 Å². The van der Waals surface area contributed by atoms with Crippen LogP contribution in [0, 0.1) is 0 Å². The second-order valence-corrected chi connectivity index (χ2v) is 7.63. The summed E-state index contributed by atoms with van der Waals surface area (Å²) in [5, 5.41) is 0. The van der Waals surface area contributed by atoms with Crippen LogP contribution >= 0.6 is 11.8 Å². The summed E-state index contributed by atoms with van der Waals surface area (Å²) in [6.07, 6.45) is 1.23. The molecule has 1 aliphatic rings. The van der Waals surface area contributed by atoms with Gasteiger partial charge in [0.15, 0.2) is 9.84 Å². The molecule has 0 saturated carbocycles. The van der Waals surface area contributed by atoms with Crippen LogP contribution in [0.3, 0.4) is 0 Å². The number of para-hydroxylation sites is 1. The van der Waals surface area contributed by atoms with E-state index in [2.05, 4.69) is 6.07 Å². The van der Waals surface area contributed by atoms with Crippen molar-refractivity contribution in [3.63, 3.8) is 0 Å². The zero-order valence-electron chi connectivity index (χ0n) is 10.6. The van der Waals surface area contributed by atoms with Gasteiger partial charge in [-0.1, -0.05) is 23.9 Å². The SMILES string of the molecule is CN1c2ccccc2Sc2ccc(S(C)(=O)=O)cc21. The third kappa shape index (κ3) is 2.13. The maximum Gasteiger partial charge on any atom is 0.175 e. The molecule has 5 heteroatoms. The van der Waals surface area contributed by atoms with Crippen LogP contribution in [0.4, 0.5) is 11.4 Å². The second-order valence-electron chi connectivity index (χ2n) is 4.53. The van der Waals surface area contributed by atoms with E-state index in [4.69, 9.17) is 0 Å². The van der Waals surface area contributed by atoms with Crippen molar-refractivity contribution < 1.29 is 8.42 Å². The second kappa shape index (κ2) is 4.28. The molecule has 0 unspecified atom stereocenters. The maximum absolute atomic E-state index is 11.6. The first kappa shape index (κ1) is 12.6. The molecule has 0 radical (unpaired) electrons. The van der Waals surface area contributed by atoms with Gasteiger partial charge >= 0.3 is 0 Å². The normalized spacial score (nSPS) is 13.9. The van der Waals surface area contributed by atoms with Gasteiger partial charge in [0, 0.05) is 23.1 Å². The summed E-state index contributed by atoms with van der Waals surface area (Å²) >= 11 is 1.67. The largest absolute Gasteiger partial charge is 0.343 e. The minimum Gasteiger partial charge on any atom is -0.343 e. The maximum atomic E-state index is 11.6. The molecule has 0 spiro atoms. The predicted molar refractivity (Wildman–Crippen MR) is 78.2 cm³/mol. The number of fused-ring (bicyclic) bond motifs is 2. The highest BCUT2D eigenvalue weighted by Crippen LogP contribution is 2.47. The fourth-order valence-electron chi connectivity index (χ4n) is 2.15. The third-order valence-corrected chi connectivity index (χ3v) is 5.41. The van der Waals surface area contributed by atoms with Crippen molar-refractivity contribution in [2.75, 3.05) is 18.2 Å². The highest BCUT2D eigenvalue weighted by atomic mass is 32.2. The van der Waals surface area contributed by atoms with Crippen molar-refractivity contribution in [2.24, 2.45) is 0 Å². The van der Waals surface area contributed by atoms with Crippen LogP contribution in [0.5, 0.6) is 0 Å². The van der Waals surface area contributed by atoms with E-state index in [0.29, 0.717) is 4.90 Å². The quantitative estimate of drug-likeness (QED) is 0.807. The van der Waals surface area contributed by atoms with Gasteiger partial charge in [0.25, 0.3) is 0 Å². The molecule has 3 rings (SSSR count). The monoisotopic (exact) mass is 291 g/mol. The van der Waals surface area contributed by atoms with Crippen molar-refractivity contribution in [3.8, 4) is 0 Å². The van der Waals surface area contributed by atoms with Gasteiger partial charge in [-0.25, -0.2) is 8.42 Å². The van der Waals surface area contributed by atoms with Crippen molar-refractivity contribution in [1.29, 1.82) is 0 Å². The van der Waals surface area contributed by atoms with E-state index in [9.17, 15) is 8.42 Å². The van der Waals surface area contributed by atoms with Crippen molar-refractivity contribution in [3.05, 3.63) is 42.5 Å². The minimum atomic E-state index is -3.17. The smallest absolute Gasteiger partial charge is 0.175 e. The number of anilines is 2. The molecule has 2 aromatic carbocycles. The average Bonchev–Trinajstić information content (AvgIpc) is 2.37. The molecule has 0 aliphatic carbocycles. The van der Waals surface area contributed by atoms with Crippen LogP contribution in [0.1, 0.15) is 0 Å². The predicted octanol–water partition coefficient (Wildman–Crippen LogP) is 3.32. The Morgan fingerprint density at radius 1 is 1.00 bits per heavy atom. The average molecular weight is 291 g/mol. The first-order valence-corrected chi connectivity index (χ1v) is 8.52. The zero-order chi connectivity index (χ0) is 13.6. The first-order valence-electron chi connectivity index (χ1n) is 5.81. The van der Waals surface area contributed by atoms with E-state index in [0.717, 1.165) is 16.3 Å². The van der Waals surface area contributed by atoms with Crippen LogP contribution < -0.4 is 4.90 Å². The summed E-state index contributed by atoms with van der Waals surface area (Å²) < 4.78 is 23.3. The first-order chi connectivity index (χ1) is 8.97. The molecule has 2 aromatic rings. The van der Waals surface area contributed by atoms with E-state index in [1.807, 2.05) is 36.2 Å². The number of hydrogen-bond donors (Lipinski definition) is 0. The molecule has 19 heavy (non-hydrogen) atoms. The molecule has 3 nitrogen and oxygen atoms in total. The number of sulfone groups is 1. The highest BCUT2D eigenvalue weighted by molar-refractivity contribution is 7.99. The van der Waals surface area contributed by atoms with Gasteiger partial charge < -0.3 is 4.90 Å². The summed E-state index contributed by atoms with van der Waals surface area (Å²) in [7, 11) is -1.21. The summed E-state index contributed by atoms with van der Waals surface area (Å²) in [6.45, 7) is 0. The van der Waals surface area contributed by atoms with Crippen LogP contribution in [-0.4, -0.2) is 21.7 Å². The molecule has 0 bridgehead atoms. The molecule has 0 amide bonds. The molecular weight excluding hydrogens is 278 g/mol. The van der Waals surface area contributed by atoms with E-state index in [1.54, 1.807) is 23.9 Å². The third-order valence-electron chi connectivity index (χ3n) is 3.17. The van der Waals surface area contributed by atoms with Crippen LogP contribution in [0.25, 0.3) is 0 Å². The lowest BCUT2D eigenvalue weighted by Gasteiger charge is -2.29. The van der Waals surface area contributed by atoms with E-state index < -0.39 is 9.84 Å². The Hall–Kier alpha value is -1.46. The summed E-state index contributed by atoms with van der Waals surface area (Å²) in [5.74, 6) is 0. The van der Waals surface area contributed by atoms with Crippen molar-refractivity contribution in [2.45, 2.75) is 14.7 Å². The van der Waals surface area contributed by atoms with E-state index >= 15 is 0 Å². The van der Waals surface area contributed by atoms with Gasteiger partial charge in [-0.2, -0.15) is 0 Å². The highest BCUT2D eigenvalue weighted by Gasteiger charge is 2.21. The Balaban J connectivity index is 2.17. The zero-order valence-corrected chi connectivity index (χ0v) is 12.3. The summed E-state index contributed by atoms with van der Waals surface area (Å²) in [5.41, 5.74) is 2.04. The number of rotatable bonds is 1. The van der Waals surface area contributed by atoms with Crippen LogP contribution in [0.2, 0.25) is 0 Å². The van der Waals surface area contributed by atoms with Gasteiger partial charge in [0.2, 0.25) is 0 Å². The van der Waals surface area contributed by atoms with Gasteiger partial charge in [0.1, 0.15) is 0 Å². The van der Waals surface area contributed by atoms with Crippen LogP contribution in [0.15, 0.2) is 57.2 Å². The summed E-state index contributed by atoms with van der Waals surface area (Å²) in [6, 6.07) is 13.4.